The molecule has 0 radical (unpaired) electrons. The second kappa shape index (κ2) is 6.97. The van der Waals surface area contributed by atoms with Gasteiger partial charge in [0.25, 0.3) is 0 Å². The van der Waals surface area contributed by atoms with Crippen LogP contribution in [0.25, 0.3) is 0 Å². The van der Waals surface area contributed by atoms with E-state index in [-0.39, 0.29) is 4.90 Å². The minimum Gasteiger partial charge on any atom is -0.271 e. The maximum absolute atomic E-state index is 12.5. The predicted molar refractivity (Wildman–Crippen MR) is 72.6 cm³/mol. The third-order valence-electron chi connectivity index (χ3n) is 2.65. The van der Waals surface area contributed by atoms with Gasteiger partial charge >= 0.3 is 6.18 Å². The van der Waals surface area contributed by atoms with Gasteiger partial charge in [-0.2, -0.15) is 22.6 Å². The van der Waals surface area contributed by atoms with Gasteiger partial charge in [0.2, 0.25) is 10.0 Å². The summed E-state index contributed by atoms with van der Waals surface area (Å²) in [4.78, 5) is -0.255. The summed E-state index contributed by atoms with van der Waals surface area (Å²) >= 11 is 5.52. The number of hydrogen-bond acceptors (Lipinski definition) is 3. The van der Waals surface area contributed by atoms with Crippen LogP contribution in [0, 0.1) is 0 Å². The van der Waals surface area contributed by atoms with Crippen LogP contribution in [0.15, 0.2) is 17.3 Å². The number of halogens is 4. The smallest absolute Gasteiger partial charge is 0.271 e. The Bertz CT molecular complexity index is 557. The summed E-state index contributed by atoms with van der Waals surface area (Å²) in [6.07, 6.45) is -1.76. The number of nitrogens with zero attached hydrogens (tertiary/aromatic N) is 3. The third kappa shape index (κ3) is 5.15. The van der Waals surface area contributed by atoms with Gasteiger partial charge in [-0.25, -0.2) is 8.42 Å². The average molecular weight is 348 g/mol. The Morgan fingerprint density at radius 3 is 2.52 bits per heavy atom. The summed E-state index contributed by atoms with van der Waals surface area (Å²) in [5, 5.41) is 3.83. The van der Waals surface area contributed by atoms with Crippen molar-refractivity contribution in [2.75, 3.05) is 12.4 Å². The zero-order chi connectivity index (χ0) is 16.3. The molecule has 0 N–H and O–H groups in total. The number of alkyl halides is 4. The van der Waals surface area contributed by atoms with Gasteiger partial charge in [0, 0.05) is 24.7 Å². The van der Waals surface area contributed by atoms with Crippen molar-refractivity contribution in [3.05, 3.63) is 12.4 Å². The fourth-order valence-electron chi connectivity index (χ4n) is 1.68. The summed E-state index contributed by atoms with van der Waals surface area (Å²) in [6.45, 7) is 1.66. The van der Waals surface area contributed by atoms with Crippen molar-refractivity contribution >= 4 is 21.6 Å². The van der Waals surface area contributed by atoms with Crippen molar-refractivity contribution in [3.8, 4) is 0 Å². The van der Waals surface area contributed by atoms with Crippen LogP contribution in [0.4, 0.5) is 13.2 Å². The van der Waals surface area contributed by atoms with Gasteiger partial charge in [0.05, 0.1) is 6.20 Å². The first-order valence-corrected chi connectivity index (χ1v) is 8.22. The first-order chi connectivity index (χ1) is 9.58. The Hall–Kier alpha value is -0.800. The van der Waals surface area contributed by atoms with Gasteiger partial charge in [-0.1, -0.05) is 0 Å². The summed E-state index contributed by atoms with van der Waals surface area (Å²) in [6, 6.07) is -0.817. The van der Waals surface area contributed by atoms with Crippen molar-refractivity contribution < 1.29 is 21.6 Å². The Morgan fingerprint density at radius 2 is 2.05 bits per heavy atom. The number of sulfonamides is 1. The molecule has 0 aromatic carbocycles. The molecule has 10 heteroatoms. The van der Waals surface area contributed by atoms with Gasteiger partial charge in [0.1, 0.15) is 11.4 Å². The lowest BCUT2D eigenvalue weighted by atomic mass is 10.4. The molecule has 0 atom stereocenters. The Kier molecular flexibility index (Phi) is 6.06. The Balaban J connectivity index is 3.03. The van der Waals surface area contributed by atoms with E-state index in [1.807, 2.05) is 0 Å². The Morgan fingerprint density at radius 1 is 1.43 bits per heavy atom. The van der Waals surface area contributed by atoms with Crippen LogP contribution in [0.3, 0.4) is 0 Å². The van der Waals surface area contributed by atoms with Crippen LogP contribution < -0.4 is 0 Å². The molecule has 21 heavy (non-hydrogen) atoms. The second-order valence-electron chi connectivity index (χ2n) is 4.74. The van der Waals surface area contributed by atoms with E-state index in [0.717, 1.165) is 6.20 Å². The van der Waals surface area contributed by atoms with Gasteiger partial charge in [-0.15, -0.1) is 11.6 Å². The fraction of sp³-hybridized carbons (Fsp3) is 0.727. The highest BCUT2D eigenvalue weighted by Gasteiger charge is 2.38. The summed E-state index contributed by atoms with van der Waals surface area (Å²) < 4.78 is 64.0. The molecule has 0 amide bonds. The molecule has 0 fully saturated rings. The SMILES string of the molecule is CC(C)N(CC(F)(F)F)S(=O)(=O)c1cnn(CCCCl)c1. The van der Waals surface area contributed by atoms with Crippen LogP contribution in [-0.4, -0.2) is 47.1 Å². The van der Waals surface area contributed by atoms with Gasteiger partial charge < -0.3 is 0 Å². The van der Waals surface area contributed by atoms with Gasteiger partial charge in [-0.05, 0) is 20.3 Å². The molecular formula is C11H17ClF3N3O2S. The lowest BCUT2D eigenvalue weighted by Gasteiger charge is -2.26. The van der Waals surface area contributed by atoms with Crippen molar-refractivity contribution in [3.63, 3.8) is 0 Å². The van der Waals surface area contributed by atoms with Crippen molar-refractivity contribution in [2.24, 2.45) is 0 Å². The second-order valence-corrected chi connectivity index (χ2v) is 7.01. The van der Waals surface area contributed by atoms with Crippen LogP contribution >= 0.6 is 11.6 Å². The molecule has 0 aliphatic rings. The lowest BCUT2D eigenvalue weighted by molar-refractivity contribution is -0.138. The normalized spacial score (nSPS) is 13.3. The van der Waals surface area contributed by atoms with E-state index in [4.69, 9.17) is 11.6 Å². The molecule has 0 spiro atoms. The summed E-state index contributed by atoms with van der Waals surface area (Å²) in [5.74, 6) is 0.383. The molecule has 0 aliphatic carbocycles. The van der Waals surface area contributed by atoms with Crippen LogP contribution in [-0.2, 0) is 16.6 Å². The largest absolute Gasteiger partial charge is 0.402 e. The highest BCUT2D eigenvalue weighted by Crippen LogP contribution is 2.24. The highest BCUT2D eigenvalue weighted by atomic mass is 35.5. The van der Waals surface area contributed by atoms with E-state index in [1.165, 1.54) is 24.7 Å². The molecule has 0 saturated carbocycles. The molecule has 5 nitrogen and oxygen atoms in total. The fourth-order valence-corrected chi connectivity index (χ4v) is 3.38. The molecule has 1 heterocycles. The van der Waals surface area contributed by atoms with Crippen LogP contribution in [0.1, 0.15) is 20.3 Å². The van der Waals surface area contributed by atoms with Gasteiger partial charge in [0.15, 0.2) is 0 Å². The molecule has 0 bridgehead atoms. The van der Waals surface area contributed by atoms with Crippen molar-refractivity contribution in [1.82, 2.24) is 14.1 Å². The molecular weight excluding hydrogens is 331 g/mol. The zero-order valence-electron chi connectivity index (χ0n) is 11.6. The van der Waals surface area contributed by atoms with Crippen LogP contribution in [0.2, 0.25) is 0 Å². The molecule has 1 aromatic rings. The first-order valence-electron chi connectivity index (χ1n) is 6.25. The van der Waals surface area contributed by atoms with Crippen molar-refractivity contribution in [1.29, 1.82) is 0 Å². The average Bonchev–Trinajstić information content (AvgIpc) is 2.81. The van der Waals surface area contributed by atoms with Crippen molar-refractivity contribution in [2.45, 2.75) is 43.9 Å². The third-order valence-corrected chi connectivity index (χ3v) is 4.89. The minimum atomic E-state index is -4.61. The molecule has 122 valence electrons. The number of aromatic nitrogens is 2. The van der Waals surface area contributed by atoms with Crippen LogP contribution in [0.5, 0.6) is 0 Å². The van der Waals surface area contributed by atoms with E-state index < -0.39 is 28.8 Å². The standard InChI is InChI=1S/C11H17ClF3N3O2S/c1-9(2)18(8-11(13,14)15)21(19,20)10-6-16-17(7-10)5-3-4-12/h6-7,9H,3-5,8H2,1-2H3. The number of rotatable bonds is 7. The quantitative estimate of drug-likeness (QED) is 0.712. The first kappa shape index (κ1) is 18.2. The zero-order valence-corrected chi connectivity index (χ0v) is 13.2. The number of hydrogen-bond donors (Lipinski definition) is 0. The van der Waals surface area contributed by atoms with E-state index in [0.29, 0.717) is 23.2 Å². The highest BCUT2D eigenvalue weighted by molar-refractivity contribution is 7.89. The Labute approximate surface area is 126 Å². The van der Waals surface area contributed by atoms with Gasteiger partial charge in [-0.3, -0.25) is 4.68 Å². The summed E-state index contributed by atoms with van der Waals surface area (Å²) in [7, 11) is -4.24. The minimum absolute atomic E-state index is 0.255. The topological polar surface area (TPSA) is 55.2 Å². The lowest BCUT2D eigenvalue weighted by Crippen LogP contribution is -2.43. The molecule has 1 rings (SSSR count). The molecule has 1 aromatic heterocycles. The molecule has 0 unspecified atom stereocenters. The van der Waals surface area contributed by atoms with E-state index >= 15 is 0 Å². The molecule has 0 saturated heterocycles. The van der Waals surface area contributed by atoms with E-state index in [2.05, 4.69) is 5.10 Å². The maximum atomic E-state index is 12.5. The monoisotopic (exact) mass is 347 g/mol. The van der Waals surface area contributed by atoms with E-state index in [1.54, 1.807) is 0 Å². The van der Waals surface area contributed by atoms with E-state index in [9.17, 15) is 21.6 Å². The molecule has 0 aliphatic heterocycles. The maximum Gasteiger partial charge on any atom is 0.402 e. The summed E-state index contributed by atoms with van der Waals surface area (Å²) in [5.41, 5.74) is 0. The number of aryl methyl sites for hydroxylation is 1. The predicted octanol–water partition coefficient (Wildman–Crippen LogP) is 2.47.